The van der Waals surface area contributed by atoms with E-state index >= 15 is 0 Å². The molecule has 0 fully saturated rings. The van der Waals surface area contributed by atoms with Crippen molar-refractivity contribution in [2.75, 3.05) is 13.1 Å². The van der Waals surface area contributed by atoms with Crippen molar-refractivity contribution >= 4 is 29.2 Å². The van der Waals surface area contributed by atoms with Gasteiger partial charge < -0.3 is 20.2 Å². The van der Waals surface area contributed by atoms with Crippen LogP contribution in [0.4, 0.5) is 0 Å². The van der Waals surface area contributed by atoms with E-state index in [0.29, 0.717) is 40.5 Å². The SMILES string of the molecule is CCNC(=NCc1ncc(C(C)(C)C)o1)NCC(O)c1cc(Cl)cc(Cl)c1. The smallest absolute Gasteiger partial charge is 0.216 e. The molecule has 8 heteroatoms. The number of aliphatic hydroxyl groups is 1. The fourth-order valence-corrected chi connectivity index (χ4v) is 2.84. The van der Waals surface area contributed by atoms with E-state index in [1.807, 2.05) is 6.92 Å². The van der Waals surface area contributed by atoms with Crippen LogP contribution >= 0.6 is 23.2 Å². The van der Waals surface area contributed by atoms with Crippen molar-refractivity contribution in [1.29, 1.82) is 0 Å². The third-order valence-corrected chi connectivity index (χ3v) is 4.18. The molecule has 0 radical (unpaired) electrons. The number of nitrogens with zero attached hydrogens (tertiary/aromatic N) is 2. The van der Waals surface area contributed by atoms with Gasteiger partial charge in [0.05, 0.1) is 12.3 Å². The Balaban J connectivity index is 1.99. The number of halogens is 2. The summed E-state index contributed by atoms with van der Waals surface area (Å²) in [7, 11) is 0. The van der Waals surface area contributed by atoms with Crippen LogP contribution in [0.2, 0.25) is 10.0 Å². The predicted molar refractivity (Wildman–Crippen MR) is 109 cm³/mol. The minimum absolute atomic E-state index is 0.0972. The second kappa shape index (κ2) is 9.44. The number of guanidine groups is 1. The Labute approximate surface area is 170 Å². The van der Waals surface area contributed by atoms with E-state index < -0.39 is 6.10 Å². The van der Waals surface area contributed by atoms with E-state index in [9.17, 15) is 5.11 Å². The highest BCUT2D eigenvalue weighted by Gasteiger charge is 2.19. The molecule has 1 aromatic carbocycles. The van der Waals surface area contributed by atoms with Gasteiger partial charge in [0.1, 0.15) is 12.3 Å². The molecule has 0 aliphatic carbocycles. The summed E-state index contributed by atoms with van der Waals surface area (Å²) in [6.07, 6.45) is 0.956. The molecule has 27 heavy (non-hydrogen) atoms. The van der Waals surface area contributed by atoms with Crippen LogP contribution in [-0.2, 0) is 12.0 Å². The molecule has 0 saturated heterocycles. The number of aliphatic hydroxyl groups excluding tert-OH is 1. The lowest BCUT2D eigenvalue weighted by molar-refractivity contribution is 0.181. The van der Waals surface area contributed by atoms with Crippen molar-refractivity contribution in [3.8, 4) is 0 Å². The molecule has 1 atom stereocenters. The fourth-order valence-electron chi connectivity index (χ4n) is 2.30. The Hall–Kier alpha value is -1.76. The number of benzene rings is 1. The zero-order valence-corrected chi connectivity index (χ0v) is 17.5. The van der Waals surface area contributed by atoms with E-state index in [2.05, 4.69) is 41.4 Å². The van der Waals surface area contributed by atoms with E-state index in [1.165, 1.54) is 0 Å². The van der Waals surface area contributed by atoms with Gasteiger partial charge in [-0.3, -0.25) is 0 Å². The Morgan fingerprint density at radius 3 is 2.44 bits per heavy atom. The molecule has 1 aromatic heterocycles. The molecule has 0 aliphatic heterocycles. The van der Waals surface area contributed by atoms with Crippen molar-refractivity contribution in [2.45, 2.75) is 45.8 Å². The van der Waals surface area contributed by atoms with Gasteiger partial charge in [-0.1, -0.05) is 44.0 Å². The van der Waals surface area contributed by atoms with Gasteiger partial charge in [-0.2, -0.15) is 0 Å². The van der Waals surface area contributed by atoms with Gasteiger partial charge in [0.2, 0.25) is 5.89 Å². The molecule has 6 nitrogen and oxygen atoms in total. The number of aliphatic imine (C=N–C) groups is 1. The van der Waals surface area contributed by atoms with Gasteiger partial charge >= 0.3 is 0 Å². The number of oxazole rings is 1. The fraction of sp³-hybridized carbons (Fsp3) is 0.474. The highest BCUT2D eigenvalue weighted by atomic mass is 35.5. The van der Waals surface area contributed by atoms with Gasteiger partial charge in [-0.05, 0) is 30.7 Å². The highest BCUT2D eigenvalue weighted by Crippen LogP contribution is 2.24. The lowest BCUT2D eigenvalue weighted by Crippen LogP contribution is -2.39. The third kappa shape index (κ3) is 6.72. The van der Waals surface area contributed by atoms with Crippen molar-refractivity contribution in [3.05, 3.63) is 51.7 Å². The van der Waals surface area contributed by atoms with E-state index in [1.54, 1.807) is 24.4 Å². The molecular weight excluding hydrogens is 387 g/mol. The molecule has 0 aliphatic rings. The predicted octanol–water partition coefficient (Wildman–Crippen LogP) is 4.07. The maximum Gasteiger partial charge on any atom is 0.216 e. The van der Waals surface area contributed by atoms with Gasteiger partial charge in [0, 0.05) is 28.5 Å². The number of hydrogen-bond donors (Lipinski definition) is 3. The normalized spacial score (nSPS) is 13.5. The summed E-state index contributed by atoms with van der Waals surface area (Å²) in [6, 6.07) is 5.00. The lowest BCUT2D eigenvalue weighted by atomic mass is 9.94. The van der Waals surface area contributed by atoms with Crippen molar-refractivity contribution < 1.29 is 9.52 Å². The van der Waals surface area contributed by atoms with Crippen LogP contribution in [0.25, 0.3) is 0 Å². The molecule has 0 saturated carbocycles. The molecule has 2 aromatic rings. The molecule has 0 bridgehead atoms. The largest absolute Gasteiger partial charge is 0.443 e. The summed E-state index contributed by atoms with van der Waals surface area (Å²) in [6.45, 7) is 9.39. The molecule has 3 N–H and O–H groups in total. The average Bonchev–Trinajstić information content (AvgIpc) is 3.05. The minimum atomic E-state index is -0.778. The maximum atomic E-state index is 10.4. The van der Waals surface area contributed by atoms with Crippen molar-refractivity contribution in [1.82, 2.24) is 15.6 Å². The van der Waals surface area contributed by atoms with E-state index in [0.717, 1.165) is 5.76 Å². The number of nitrogens with one attached hydrogen (secondary N) is 2. The standard InChI is InChI=1S/C19H26Cl2N4O2/c1-5-22-18(25-11-17-23-10-16(27-17)19(2,3)4)24-9-15(26)12-6-13(20)8-14(21)7-12/h6-8,10,15,26H,5,9,11H2,1-4H3,(H2,22,24,25). The Bertz CT molecular complexity index is 764. The van der Waals surface area contributed by atoms with Gasteiger partial charge in [-0.15, -0.1) is 0 Å². The summed E-state index contributed by atoms with van der Waals surface area (Å²) in [5.74, 6) is 1.92. The summed E-state index contributed by atoms with van der Waals surface area (Å²) in [5, 5.41) is 17.6. The first-order valence-electron chi connectivity index (χ1n) is 8.80. The van der Waals surface area contributed by atoms with Crippen LogP contribution in [0.3, 0.4) is 0 Å². The van der Waals surface area contributed by atoms with Crippen LogP contribution < -0.4 is 10.6 Å². The summed E-state index contributed by atoms with van der Waals surface area (Å²) < 4.78 is 5.75. The molecule has 0 amide bonds. The van der Waals surface area contributed by atoms with Crippen LogP contribution in [0.5, 0.6) is 0 Å². The summed E-state index contributed by atoms with van der Waals surface area (Å²) in [4.78, 5) is 8.72. The van der Waals surface area contributed by atoms with Crippen molar-refractivity contribution in [2.24, 2.45) is 4.99 Å². The number of hydrogen-bond acceptors (Lipinski definition) is 4. The zero-order chi connectivity index (χ0) is 20.0. The van der Waals surface area contributed by atoms with Crippen molar-refractivity contribution in [3.63, 3.8) is 0 Å². The Morgan fingerprint density at radius 2 is 1.89 bits per heavy atom. The van der Waals surface area contributed by atoms with Crippen LogP contribution in [0.15, 0.2) is 33.8 Å². The topological polar surface area (TPSA) is 82.7 Å². The average molecular weight is 413 g/mol. The lowest BCUT2D eigenvalue weighted by Gasteiger charge is -2.16. The molecule has 0 spiro atoms. The first-order valence-corrected chi connectivity index (χ1v) is 9.56. The first-order chi connectivity index (χ1) is 12.7. The van der Waals surface area contributed by atoms with Gasteiger partial charge in [-0.25, -0.2) is 9.98 Å². The second-order valence-corrected chi connectivity index (χ2v) is 8.04. The molecule has 1 unspecified atom stereocenters. The Kier molecular flexibility index (Phi) is 7.53. The maximum absolute atomic E-state index is 10.4. The number of rotatable bonds is 6. The summed E-state index contributed by atoms with van der Waals surface area (Å²) in [5.41, 5.74) is 0.540. The summed E-state index contributed by atoms with van der Waals surface area (Å²) >= 11 is 12.0. The highest BCUT2D eigenvalue weighted by molar-refractivity contribution is 6.34. The monoisotopic (exact) mass is 412 g/mol. The van der Waals surface area contributed by atoms with E-state index in [4.69, 9.17) is 27.6 Å². The number of aromatic nitrogens is 1. The zero-order valence-electron chi connectivity index (χ0n) is 16.0. The van der Waals surface area contributed by atoms with E-state index in [-0.39, 0.29) is 12.0 Å². The third-order valence-electron chi connectivity index (χ3n) is 3.74. The minimum Gasteiger partial charge on any atom is -0.443 e. The quantitative estimate of drug-likeness (QED) is 0.491. The molecule has 1 heterocycles. The van der Waals surface area contributed by atoms with Crippen LogP contribution in [-0.4, -0.2) is 29.1 Å². The molecular formula is C19H26Cl2N4O2. The molecule has 2 rings (SSSR count). The van der Waals surface area contributed by atoms with Crippen LogP contribution in [0, 0.1) is 0 Å². The first kappa shape index (κ1) is 21.5. The second-order valence-electron chi connectivity index (χ2n) is 7.16. The van der Waals surface area contributed by atoms with Gasteiger partial charge in [0.15, 0.2) is 5.96 Å². The van der Waals surface area contributed by atoms with Crippen LogP contribution in [0.1, 0.15) is 51.0 Å². The Morgan fingerprint density at radius 1 is 1.22 bits per heavy atom. The molecule has 148 valence electrons. The van der Waals surface area contributed by atoms with Gasteiger partial charge in [0.25, 0.3) is 0 Å².